The van der Waals surface area contributed by atoms with Gasteiger partial charge in [-0.15, -0.1) is 0 Å². The van der Waals surface area contributed by atoms with Gasteiger partial charge in [0.2, 0.25) is 0 Å². The highest BCUT2D eigenvalue weighted by atomic mass is 19.1. The molecule has 1 N–H and O–H groups in total. The number of amides is 3. The van der Waals surface area contributed by atoms with Crippen LogP contribution in [0.5, 0.6) is 0 Å². The van der Waals surface area contributed by atoms with Gasteiger partial charge in [-0.25, -0.2) is 4.39 Å². The number of pyridine rings is 1. The summed E-state index contributed by atoms with van der Waals surface area (Å²) in [4.78, 5) is 42.8. The second-order valence-corrected chi connectivity index (χ2v) is 6.28. The zero-order valence-corrected chi connectivity index (χ0v) is 14.6. The molecular weight excluding hydrogens is 361 g/mol. The lowest BCUT2D eigenvalue weighted by Crippen LogP contribution is -2.29. The maximum absolute atomic E-state index is 13.0. The standard InChI is InChI=1S/C21H14FN3O3/c22-15-4-6-16(7-5-15)24-19(26)14-3-8-17-18(10-14)21(28)25(20(17)27)12-13-2-1-9-23-11-13/h1-11H,12H2,(H,24,26). The van der Waals surface area contributed by atoms with E-state index in [0.29, 0.717) is 5.69 Å². The maximum Gasteiger partial charge on any atom is 0.261 e. The van der Waals surface area contributed by atoms with Crippen LogP contribution < -0.4 is 5.32 Å². The van der Waals surface area contributed by atoms with Gasteiger partial charge in [0.15, 0.2) is 0 Å². The molecular formula is C21H14FN3O3. The topological polar surface area (TPSA) is 79.4 Å². The smallest absolute Gasteiger partial charge is 0.261 e. The Morgan fingerprint density at radius 1 is 1.00 bits per heavy atom. The molecule has 3 aromatic rings. The summed E-state index contributed by atoms with van der Waals surface area (Å²) < 4.78 is 13.0. The first kappa shape index (κ1) is 17.5. The molecule has 0 fully saturated rings. The molecule has 0 radical (unpaired) electrons. The van der Waals surface area contributed by atoms with Gasteiger partial charge in [-0.3, -0.25) is 24.3 Å². The van der Waals surface area contributed by atoms with E-state index in [4.69, 9.17) is 0 Å². The summed E-state index contributed by atoms with van der Waals surface area (Å²) >= 11 is 0. The molecule has 1 aromatic heterocycles. The van der Waals surface area contributed by atoms with E-state index in [0.717, 1.165) is 10.5 Å². The Hall–Kier alpha value is -3.87. The fourth-order valence-corrected chi connectivity index (χ4v) is 2.99. The molecule has 6 nitrogen and oxygen atoms in total. The summed E-state index contributed by atoms with van der Waals surface area (Å²) in [6.07, 6.45) is 3.20. The van der Waals surface area contributed by atoms with Crippen molar-refractivity contribution in [2.75, 3.05) is 5.32 Å². The highest BCUT2D eigenvalue weighted by molar-refractivity contribution is 6.22. The molecule has 28 heavy (non-hydrogen) atoms. The van der Waals surface area contributed by atoms with Crippen LogP contribution in [0.3, 0.4) is 0 Å². The normalized spacial score (nSPS) is 12.8. The largest absolute Gasteiger partial charge is 0.322 e. The van der Waals surface area contributed by atoms with Gasteiger partial charge in [0.05, 0.1) is 17.7 Å². The monoisotopic (exact) mass is 375 g/mol. The van der Waals surface area contributed by atoms with Gasteiger partial charge >= 0.3 is 0 Å². The number of benzene rings is 2. The number of fused-ring (bicyclic) bond motifs is 1. The molecule has 7 heteroatoms. The van der Waals surface area contributed by atoms with Crippen LogP contribution in [0.25, 0.3) is 0 Å². The lowest BCUT2D eigenvalue weighted by atomic mass is 10.1. The average Bonchev–Trinajstić information content (AvgIpc) is 2.95. The third-order valence-corrected chi connectivity index (χ3v) is 4.40. The molecule has 0 spiro atoms. The Bertz CT molecular complexity index is 1080. The molecule has 2 heterocycles. The second-order valence-electron chi connectivity index (χ2n) is 6.28. The van der Waals surface area contributed by atoms with Gasteiger partial charge in [0.25, 0.3) is 17.7 Å². The van der Waals surface area contributed by atoms with Gasteiger partial charge in [-0.1, -0.05) is 6.07 Å². The van der Waals surface area contributed by atoms with Gasteiger partial charge in [-0.05, 0) is 54.1 Å². The van der Waals surface area contributed by atoms with E-state index in [1.54, 1.807) is 24.5 Å². The molecule has 138 valence electrons. The van der Waals surface area contributed by atoms with Crippen molar-refractivity contribution in [1.82, 2.24) is 9.88 Å². The quantitative estimate of drug-likeness (QED) is 0.710. The Labute approximate surface area is 159 Å². The molecule has 2 aromatic carbocycles. The van der Waals surface area contributed by atoms with Gasteiger partial charge < -0.3 is 5.32 Å². The molecule has 0 atom stereocenters. The molecule has 0 bridgehead atoms. The van der Waals surface area contributed by atoms with E-state index in [1.165, 1.54) is 42.5 Å². The summed E-state index contributed by atoms with van der Waals surface area (Å²) in [5.41, 5.74) is 1.82. The average molecular weight is 375 g/mol. The van der Waals surface area contributed by atoms with Crippen molar-refractivity contribution in [3.8, 4) is 0 Å². The predicted octanol–water partition coefficient (Wildman–Crippen LogP) is 3.27. The number of carbonyl (C=O) groups excluding carboxylic acids is 3. The first-order valence-corrected chi connectivity index (χ1v) is 8.49. The Kier molecular flexibility index (Phi) is 4.41. The van der Waals surface area contributed by atoms with Crippen molar-refractivity contribution in [2.24, 2.45) is 0 Å². The van der Waals surface area contributed by atoms with E-state index < -0.39 is 23.5 Å². The zero-order valence-electron chi connectivity index (χ0n) is 14.6. The van der Waals surface area contributed by atoms with E-state index in [-0.39, 0.29) is 23.2 Å². The van der Waals surface area contributed by atoms with Crippen molar-refractivity contribution < 1.29 is 18.8 Å². The minimum absolute atomic E-state index is 0.108. The predicted molar refractivity (Wildman–Crippen MR) is 99.2 cm³/mol. The molecule has 0 saturated carbocycles. The van der Waals surface area contributed by atoms with Crippen molar-refractivity contribution in [3.63, 3.8) is 0 Å². The third-order valence-electron chi connectivity index (χ3n) is 4.40. The Balaban J connectivity index is 1.56. The van der Waals surface area contributed by atoms with Crippen LogP contribution in [-0.2, 0) is 6.54 Å². The number of halogens is 1. The summed E-state index contributed by atoms with van der Waals surface area (Å²) in [7, 11) is 0. The number of rotatable bonds is 4. The van der Waals surface area contributed by atoms with Gasteiger partial charge in [-0.2, -0.15) is 0 Å². The molecule has 1 aliphatic heterocycles. The number of carbonyl (C=O) groups is 3. The van der Waals surface area contributed by atoms with Crippen molar-refractivity contribution in [1.29, 1.82) is 0 Å². The summed E-state index contributed by atoms with van der Waals surface area (Å²) in [6, 6.07) is 13.2. The number of anilines is 1. The molecule has 0 aliphatic carbocycles. The van der Waals surface area contributed by atoms with E-state index in [9.17, 15) is 18.8 Å². The maximum atomic E-state index is 13.0. The summed E-state index contributed by atoms with van der Waals surface area (Å²) in [6.45, 7) is 0.108. The molecule has 4 rings (SSSR count). The van der Waals surface area contributed by atoms with E-state index >= 15 is 0 Å². The highest BCUT2D eigenvalue weighted by Crippen LogP contribution is 2.26. The van der Waals surface area contributed by atoms with Crippen molar-refractivity contribution in [2.45, 2.75) is 6.54 Å². The summed E-state index contributed by atoms with van der Waals surface area (Å²) in [5.74, 6) is -1.73. The zero-order chi connectivity index (χ0) is 19.7. The minimum atomic E-state index is -0.458. The Morgan fingerprint density at radius 2 is 1.75 bits per heavy atom. The van der Waals surface area contributed by atoms with Crippen molar-refractivity contribution >= 4 is 23.4 Å². The van der Waals surface area contributed by atoms with E-state index in [2.05, 4.69) is 10.3 Å². The number of imide groups is 1. The van der Waals surface area contributed by atoms with Crippen LogP contribution in [0.2, 0.25) is 0 Å². The lowest BCUT2D eigenvalue weighted by Gasteiger charge is -2.13. The van der Waals surface area contributed by atoms with E-state index in [1.807, 2.05) is 0 Å². The second kappa shape index (κ2) is 7.03. The number of hydrogen-bond donors (Lipinski definition) is 1. The third kappa shape index (κ3) is 3.25. The van der Waals surface area contributed by atoms with Crippen LogP contribution in [0.15, 0.2) is 67.0 Å². The van der Waals surface area contributed by atoms with Crippen LogP contribution in [0.4, 0.5) is 10.1 Å². The minimum Gasteiger partial charge on any atom is -0.322 e. The van der Waals surface area contributed by atoms with Gasteiger partial charge in [0, 0.05) is 23.6 Å². The van der Waals surface area contributed by atoms with Crippen LogP contribution in [0, 0.1) is 5.82 Å². The lowest BCUT2D eigenvalue weighted by molar-refractivity contribution is 0.0642. The fraction of sp³-hybridized carbons (Fsp3) is 0.0476. The Morgan fingerprint density at radius 3 is 2.46 bits per heavy atom. The fourth-order valence-electron chi connectivity index (χ4n) is 2.99. The number of aromatic nitrogens is 1. The highest BCUT2D eigenvalue weighted by Gasteiger charge is 2.36. The first-order chi connectivity index (χ1) is 13.5. The number of nitrogens with zero attached hydrogens (tertiary/aromatic N) is 2. The van der Waals surface area contributed by atoms with Crippen LogP contribution in [0.1, 0.15) is 36.6 Å². The number of nitrogens with one attached hydrogen (secondary N) is 1. The molecule has 0 saturated heterocycles. The summed E-state index contributed by atoms with van der Waals surface area (Å²) in [5, 5.41) is 2.63. The SMILES string of the molecule is O=C(Nc1ccc(F)cc1)c1ccc2c(c1)C(=O)N(Cc1cccnc1)C2=O. The molecule has 1 aliphatic rings. The van der Waals surface area contributed by atoms with Gasteiger partial charge in [0.1, 0.15) is 5.82 Å². The number of hydrogen-bond acceptors (Lipinski definition) is 4. The molecule has 0 unspecified atom stereocenters. The first-order valence-electron chi connectivity index (χ1n) is 8.49. The van der Waals surface area contributed by atoms with Crippen LogP contribution in [-0.4, -0.2) is 27.6 Å². The molecule has 3 amide bonds. The van der Waals surface area contributed by atoms with Crippen LogP contribution >= 0.6 is 0 Å². The van der Waals surface area contributed by atoms with Crippen molar-refractivity contribution in [3.05, 3.63) is 95.1 Å².